The fourth-order valence-electron chi connectivity index (χ4n) is 3.04. The highest BCUT2D eigenvalue weighted by molar-refractivity contribution is 4.89. The molecule has 1 nitrogen and oxygen atoms in total. The van der Waals surface area contributed by atoms with Crippen LogP contribution in [0.2, 0.25) is 0 Å². The Labute approximate surface area is 68.8 Å². The van der Waals surface area contributed by atoms with E-state index in [2.05, 4.69) is 0 Å². The van der Waals surface area contributed by atoms with E-state index in [9.17, 15) is 5.11 Å². The number of aliphatic hydroxyl groups is 1. The predicted molar refractivity (Wildman–Crippen MR) is 45.3 cm³/mol. The van der Waals surface area contributed by atoms with E-state index < -0.39 is 0 Å². The fraction of sp³-hybridized carbons (Fsp3) is 1.00. The van der Waals surface area contributed by atoms with Crippen molar-refractivity contribution >= 4 is 0 Å². The molecule has 2 aliphatic rings. The van der Waals surface area contributed by atoms with E-state index in [1.54, 1.807) is 0 Å². The van der Waals surface area contributed by atoms with Crippen LogP contribution in [-0.2, 0) is 0 Å². The normalized spacial score (nSPS) is 43.9. The van der Waals surface area contributed by atoms with Crippen molar-refractivity contribution < 1.29 is 5.11 Å². The summed E-state index contributed by atoms with van der Waals surface area (Å²) in [5.41, 5.74) is 0.376. The largest absolute Gasteiger partial charge is 0.396 e. The zero-order valence-electron chi connectivity index (χ0n) is 7.18. The molecule has 64 valence electrons. The topological polar surface area (TPSA) is 20.2 Å². The standard InChI is InChI=1S/C10H18O/c11-8-10-5-1-3-9(7-10)4-2-6-10/h9,11H,1-8H2. The molecule has 0 aromatic heterocycles. The third-order valence-electron chi connectivity index (χ3n) is 3.70. The molecule has 0 unspecified atom stereocenters. The van der Waals surface area contributed by atoms with E-state index in [1.165, 1.54) is 44.9 Å². The van der Waals surface area contributed by atoms with Gasteiger partial charge in [-0.1, -0.05) is 25.7 Å². The Hall–Kier alpha value is -0.0400. The second-order valence-corrected chi connectivity index (χ2v) is 4.51. The van der Waals surface area contributed by atoms with E-state index in [4.69, 9.17) is 0 Å². The van der Waals surface area contributed by atoms with Crippen LogP contribution in [-0.4, -0.2) is 11.7 Å². The molecule has 2 fully saturated rings. The van der Waals surface area contributed by atoms with Gasteiger partial charge in [-0.3, -0.25) is 0 Å². The van der Waals surface area contributed by atoms with Crippen molar-refractivity contribution in [3.8, 4) is 0 Å². The van der Waals surface area contributed by atoms with Crippen molar-refractivity contribution in [2.45, 2.75) is 44.9 Å². The molecule has 0 radical (unpaired) electrons. The second kappa shape index (κ2) is 2.78. The van der Waals surface area contributed by atoms with Gasteiger partial charge in [-0.2, -0.15) is 0 Å². The predicted octanol–water partition coefficient (Wildman–Crippen LogP) is 2.34. The first-order valence-electron chi connectivity index (χ1n) is 4.96. The van der Waals surface area contributed by atoms with Crippen LogP contribution in [0, 0.1) is 11.3 Å². The lowest BCUT2D eigenvalue weighted by Gasteiger charge is -2.44. The summed E-state index contributed by atoms with van der Waals surface area (Å²) < 4.78 is 0. The number of hydrogen-bond donors (Lipinski definition) is 1. The van der Waals surface area contributed by atoms with Crippen LogP contribution in [0.5, 0.6) is 0 Å². The first-order chi connectivity index (χ1) is 5.35. The van der Waals surface area contributed by atoms with Crippen molar-refractivity contribution in [3.63, 3.8) is 0 Å². The van der Waals surface area contributed by atoms with Crippen LogP contribution < -0.4 is 0 Å². The van der Waals surface area contributed by atoms with Gasteiger partial charge in [0.1, 0.15) is 0 Å². The van der Waals surface area contributed by atoms with Crippen molar-refractivity contribution in [1.29, 1.82) is 0 Å². The van der Waals surface area contributed by atoms with Crippen LogP contribution in [0.1, 0.15) is 44.9 Å². The Morgan fingerprint density at radius 1 is 1.18 bits per heavy atom. The Balaban J connectivity index is 2.07. The monoisotopic (exact) mass is 154 g/mol. The molecule has 0 atom stereocenters. The van der Waals surface area contributed by atoms with E-state index in [1.807, 2.05) is 0 Å². The highest BCUT2D eigenvalue weighted by atomic mass is 16.3. The van der Waals surface area contributed by atoms with Crippen molar-refractivity contribution in [1.82, 2.24) is 0 Å². The van der Waals surface area contributed by atoms with Gasteiger partial charge < -0.3 is 5.11 Å². The first-order valence-corrected chi connectivity index (χ1v) is 4.96. The van der Waals surface area contributed by atoms with Gasteiger partial charge in [0.15, 0.2) is 0 Å². The molecule has 0 heterocycles. The first kappa shape index (κ1) is 7.60. The molecule has 0 aromatic rings. The van der Waals surface area contributed by atoms with Gasteiger partial charge in [-0.15, -0.1) is 0 Å². The zero-order valence-corrected chi connectivity index (χ0v) is 7.18. The Morgan fingerprint density at radius 3 is 2.27 bits per heavy atom. The van der Waals surface area contributed by atoms with E-state index in [-0.39, 0.29) is 0 Å². The Kier molecular flexibility index (Phi) is 1.92. The molecule has 2 bridgehead atoms. The van der Waals surface area contributed by atoms with Gasteiger partial charge in [0, 0.05) is 6.61 Å². The van der Waals surface area contributed by atoms with Crippen molar-refractivity contribution in [2.24, 2.45) is 11.3 Å². The van der Waals surface area contributed by atoms with Gasteiger partial charge in [0.2, 0.25) is 0 Å². The molecule has 1 N–H and O–H groups in total. The maximum atomic E-state index is 9.29. The molecule has 2 saturated carbocycles. The van der Waals surface area contributed by atoms with Crippen LogP contribution >= 0.6 is 0 Å². The average Bonchev–Trinajstić information content (AvgIpc) is 2.05. The lowest BCUT2D eigenvalue weighted by Crippen LogP contribution is -2.35. The fourth-order valence-corrected chi connectivity index (χ4v) is 3.04. The molecule has 0 aliphatic heterocycles. The summed E-state index contributed by atoms with van der Waals surface area (Å²) in [4.78, 5) is 0. The van der Waals surface area contributed by atoms with Gasteiger partial charge in [0.25, 0.3) is 0 Å². The average molecular weight is 154 g/mol. The van der Waals surface area contributed by atoms with Gasteiger partial charge in [-0.05, 0) is 30.6 Å². The molecular weight excluding hydrogens is 136 g/mol. The molecule has 2 aliphatic carbocycles. The van der Waals surface area contributed by atoms with E-state index in [0.29, 0.717) is 12.0 Å². The minimum absolute atomic E-state index is 0.376. The maximum absolute atomic E-state index is 9.29. The number of hydrogen-bond acceptors (Lipinski definition) is 1. The SMILES string of the molecule is OCC12CCCC(CCC1)C2. The third-order valence-corrected chi connectivity index (χ3v) is 3.70. The van der Waals surface area contributed by atoms with Crippen LogP contribution in [0.15, 0.2) is 0 Å². The van der Waals surface area contributed by atoms with Crippen molar-refractivity contribution in [3.05, 3.63) is 0 Å². The lowest BCUT2D eigenvalue weighted by molar-refractivity contribution is 0.0184. The summed E-state index contributed by atoms with van der Waals surface area (Å²) in [6.45, 7) is 0.448. The number of aliphatic hydroxyl groups excluding tert-OH is 1. The summed E-state index contributed by atoms with van der Waals surface area (Å²) in [7, 11) is 0. The zero-order chi connectivity index (χ0) is 7.73. The van der Waals surface area contributed by atoms with Gasteiger partial charge in [0.05, 0.1) is 0 Å². The smallest absolute Gasteiger partial charge is 0.0487 e. The number of fused-ring (bicyclic) bond motifs is 2. The molecule has 0 amide bonds. The maximum Gasteiger partial charge on any atom is 0.0487 e. The van der Waals surface area contributed by atoms with Gasteiger partial charge in [-0.25, -0.2) is 0 Å². The molecule has 11 heavy (non-hydrogen) atoms. The number of rotatable bonds is 1. The van der Waals surface area contributed by atoms with Crippen LogP contribution in [0.25, 0.3) is 0 Å². The molecule has 2 rings (SSSR count). The molecule has 1 heteroatoms. The summed E-state index contributed by atoms with van der Waals surface area (Å²) in [5, 5.41) is 9.29. The van der Waals surface area contributed by atoms with E-state index >= 15 is 0 Å². The van der Waals surface area contributed by atoms with Gasteiger partial charge >= 0.3 is 0 Å². The minimum atomic E-state index is 0.376. The third kappa shape index (κ3) is 1.31. The lowest BCUT2D eigenvalue weighted by atomic mass is 9.62. The van der Waals surface area contributed by atoms with Crippen LogP contribution in [0.3, 0.4) is 0 Å². The Morgan fingerprint density at radius 2 is 1.82 bits per heavy atom. The molecule has 0 aromatic carbocycles. The summed E-state index contributed by atoms with van der Waals surface area (Å²) in [6, 6.07) is 0. The summed E-state index contributed by atoms with van der Waals surface area (Å²) >= 11 is 0. The van der Waals surface area contributed by atoms with E-state index in [0.717, 1.165) is 5.92 Å². The van der Waals surface area contributed by atoms with Crippen LogP contribution in [0.4, 0.5) is 0 Å². The molecular formula is C10H18O. The molecule has 0 spiro atoms. The molecule has 0 saturated heterocycles. The highest BCUT2D eigenvalue weighted by Gasteiger charge is 2.38. The summed E-state index contributed by atoms with van der Waals surface area (Å²) in [5.74, 6) is 0.963. The Bertz CT molecular complexity index is 132. The summed E-state index contributed by atoms with van der Waals surface area (Å²) in [6.07, 6.45) is 9.50. The van der Waals surface area contributed by atoms with Crippen molar-refractivity contribution in [2.75, 3.05) is 6.61 Å². The quantitative estimate of drug-likeness (QED) is 0.614. The minimum Gasteiger partial charge on any atom is -0.396 e. The highest BCUT2D eigenvalue weighted by Crippen LogP contribution is 2.48. The second-order valence-electron chi connectivity index (χ2n) is 4.51.